The van der Waals surface area contributed by atoms with Crippen LogP contribution in [0.1, 0.15) is 12.5 Å². The lowest BCUT2D eigenvalue weighted by molar-refractivity contribution is -0.137. The average molecular weight is 469 g/mol. The Morgan fingerprint density at radius 3 is 2.46 bits per heavy atom. The predicted octanol–water partition coefficient (Wildman–Crippen LogP) is 5.01. The molecule has 8 nitrogen and oxygen atoms in total. The molecule has 0 fully saturated rings. The van der Waals surface area contributed by atoms with Gasteiger partial charge in [0.2, 0.25) is 5.91 Å². The maximum absolute atomic E-state index is 12.1. The van der Waals surface area contributed by atoms with Crippen molar-refractivity contribution in [3.8, 4) is 5.75 Å². The first-order chi connectivity index (χ1) is 17.1. The number of esters is 1. The summed E-state index contributed by atoms with van der Waals surface area (Å²) in [6, 6.07) is 22.8. The van der Waals surface area contributed by atoms with Gasteiger partial charge in [0.15, 0.2) is 0 Å². The summed E-state index contributed by atoms with van der Waals surface area (Å²) in [4.78, 5) is 32.2. The molecule has 0 aliphatic carbocycles. The van der Waals surface area contributed by atoms with Crippen molar-refractivity contribution in [2.75, 3.05) is 17.2 Å². The van der Waals surface area contributed by atoms with E-state index in [-0.39, 0.29) is 6.61 Å². The lowest BCUT2D eigenvalue weighted by atomic mass is 10.2. The molecule has 8 heteroatoms. The third-order valence-corrected chi connectivity index (χ3v) is 4.93. The molecular formula is C27H24N4O4. The van der Waals surface area contributed by atoms with Gasteiger partial charge in [-0.05, 0) is 55.0 Å². The van der Waals surface area contributed by atoms with Crippen LogP contribution in [-0.4, -0.2) is 28.5 Å². The molecule has 0 bridgehead atoms. The first-order valence-corrected chi connectivity index (χ1v) is 11.0. The van der Waals surface area contributed by atoms with Crippen molar-refractivity contribution in [2.45, 2.75) is 13.5 Å². The van der Waals surface area contributed by atoms with E-state index in [4.69, 9.17) is 9.47 Å². The van der Waals surface area contributed by atoms with Crippen LogP contribution < -0.4 is 15.4 Å². The summed E-state index contributed by atoms with van der Waals surface area (Å²) in [6.45, 7) is 2.44. The molecule has 0 saturated carbocycles. The van der Waals surface area contributed by atoms with E-state index in [9.17, 15) is 9.59 Å². The van der Waals surface area contributed by atoms with Crippen molar-refractivity contribution >= 4 is 40.0 Å². The summed E-state index contributed by atoms with van der Waals surface area (Å²) in [5.41, 5.74) is 3.18. The van der Waals surface area contributed by atoms with Crippen LogP contribution >= 0.6 is 0 Å². The molecule has 0 saturated heterocycles. The maximum atomic E-state index is 12.1. The van der Waals surface area contributed by atoms with Crippen molar-refractivity contribution < 1.29 is 19.1 Å². The van der Waals surface area contributed by atoms with Gasteiger partial charge >= 0.3 is 5.97 Å². The molecule has 0 atom stereocenters. The summed E-state index contributed by atoms with van der Waals surface area (Å²) in [6.07, 6.45) is 3.69. The first kappa shape index (κ1) is 23.4. The van der Waals surface area contributed by atoms with Crippen LogP contribution in [0.15, 0.2) is 91.3 Å². The van der Waals surface area contributed by atoms with E-state index in [2.05, 4.69) is 20.6 Å². The topological polar surface area (TPSA) is 102 Å². The van der Waals surface area contributed by atoms with Crippen molar-refractivity contribution in [3.63, 3.8) is 0 Å². The van der Waals surface area contributed by atoms with Gasteiger partial charge in [0.05, 0.1) is 12.1 Å². The standard InChI is InChI=1S/C27H24N4O4/c1-2-34-26(33)15-14-25(32)30-21-10-13-24-23(16-21)27(29-18-28-24)31-20-8-11-22(12-9-20)35-17-19-6-4-3-5-7-19/h3-16,18H,2,17H2,1H3,(H,30,32)(H,28,29,31). The zero-order valence-electron chi connectivity index (χ0n) is 19.1. The van der Waals surface area contributed by atoms with Crippen molar-refractivity contribution in [1.82, 2.24) is 9.97 Å². The number of hydrogen-bond donors (Lipinski definition) is 2. The van der Waals surface area contributed by atoms with E-state index in [0.29, 0.717) is 23.6 Å². The minimum absolute atomic E-state index is 0.245. The molecule has 0 aliphatic heterocycles. The smallest absolute Gasteiger partial charge is 0.330 e. The fourth-order valence-corrected chi connectivity index (χ4v) is 3.26. The van der Waals surface area contributed by atoms with Crippen LogP contribution in [0.2, 0.25) is 0 Å². The number of carbonyl (C=O) groups is 2. The number of benzene rings is 3. The van der Waals surface area contributed by atoms with Crippen LogP contribution in [0, 0.1) is 0 Å². The maximum Gasteiger partial charge on any atom is 0.330 e. The Hall–Kier alpha value is -4.72. The van der Waals surface area contributed by atoms with Gasteiger partial charge in [-0.1, -0.05) is 30.3 Å². The largest absolute Gasteiger partial charge is 0.489 e. The van der Waals surface area contributed by atoms with Gasteiger partial charge < -0.3 is 20.1 Å². The second-order valence-corrected chi connectivity index (χ2v) is 7.45. The van der Waals surface area contributed by atoms with E-state index >= 15 is 0 Å². The third kappa shape index (κ3) is 6.64. The summed E-state index contributed by atoms with van der Waals surface area (Å²) in [5.74, 6) is 0.325. The van der Waals surface area contributed by atoms with E-state index in [1.165, 1.54) is 6.33 Å². The van der Waals surface area contributed by atoms with Crippen molar-refractivity contribution in [2.24, 2.45) is 0 Å². The second kappa shape index (κ2) is 11.4. The van der Waals surface area contributed by atoms with Gasteiger partial charge in [0.25, 0.3) is 0 Å². The highest BCUT2D eigenvalue weighted by Crippen LogP contribution is 2.27. The molecule has 0 unspecified atom stereocenters. The molecule has 1 heterocycles. The van der Waals surface area contributed by atoms with Gasteiger partial charge in [-0.2, -0.15) is 0 Å². The number of aromatic nitrogens is 2. The molecule has 176 valence electrons. The number of rotatable bonds is 9. The fourth-order valence-electron chi connectivity index (χ4n) is 3.26. The number of ether oxygens (including phenoxy) is 2. The van der Waals surface area contributed by atoms with Gasteiger partial charge in [-0.15, -0.1) is 0 Å². The molecule has 1 amide bonds. The van der Waals surface area contributed by atoms with Crippen molar-refractivity contribution in [3.05, 3.63) is 96.8 Å². The monoisotopic (exact) mass is 468 g/mol. The molecule has 3 aromatic carbocycles. The molecule has 0 radical (unpaired) electrons. The van der Waals surface area contributed by atoms with E-state index in [0.717, 1.165) is 34.5 Å². The normalized spacial score (nSPS) is 10.8. The molecule has 4 aromatic rings. The van der Waals surface area contributed by atoms with Crippen LogP contribution in [0.5, 0.6) is 5.75 Å². The molecule has 35 heavy (non-hydrogen) atoms. The minimum Gasteiger partial charge on any atom is -0.489 e. The van der Waals surface area contributed by atoms with E-state index in [1.807, 2.05) is 54.6 Å². The number of hydrogen-bond acceptors (Lipinski definition) is 7. The highest BCUT2D eigenvalue weighted by atomic mass is 16.5. The van der Waals surface area contributed by atoms with Crippen LogP contribution in [0.4, 0.5) is 17.2 Å². The first-order valence-electron chi connectivity index (χ1n) is 11.0. The zero-order chi connectivity index (χ0) is 24.5. The van der Waals surface area contributed by atoms with Crippen LogP contribution in [-0.2, 0) is 20.9 Å². The lowest BCUT2D eigenvalue weighted by Crippen LogP contribution is -2.09. The van der Waals surface area contributed by atoms with Crippen LogP contribution in [0.3, 0.4) is 0 Å². The highest BCUT2D eigenvalue weighted by molar-refractivity contribution is 6.04. The van der Waals surface area contributed by atoms with Crippen molar-refractivity contribution in [1.29, 1.82) is 0 Å². The Morgan fingerprint density at radius 1 is 0.914 bits per heavy atom. The highest BCUT2D eigenvalue weighted by Gasteiger charge is 2.08. The number of anilines is 3. The van der Waals surface area contributed by atoms with Gasteiger partial charge in [0.1, 0.15) is 24.5 Å². The fraction of sp³-hybridized carbons (Fsp3) is 0.111. The Morgan fingerprint density at radius 2 is 1.69 bits per heavy atom. The Bertz CT molecular complexity index is 1340. The summed E-state index contributed by atoms with van der Waals surface area (Å²) < 4.78 is 10.6. The number of carbonyl (C=O) groups excluding carboxylic acids is 2. The third-order valence-electron chi connectivity index (χ3n) is 4.93. The lowest BCUT2D eigenvalue weighted by Gasteiger charge is -2.11. The summed E-state index contributed by atoms with van der Waals surface area (Å²) in [7, 11) is 0. The van der Waals surface area contributed by atoms with Gasteiger partial charge in [-0.3, -0.25) is 4.79 Å². The Labute approximate surface area is 202 Å². The number of nitrogens with zero attached hydrogens (tertiary/aromatic N) is 2. The van der Waals surface area contributed by atoms with E-state index < -0.39 is 11.9 Å². The van der Waals surface area contributed by atoms with E-state index in [1.54, 1.807) is 25.1 Å². The summed E-state index contributed by atoms with van der Waals surface area (Å²) in [5, 5.41) is 6.74. The molecular weight excluding hydrogens is 444 g/mol. The number of fused-ring (bicyclic) bond motifs is 1. The van der Waals surface area contributed by atoms with Gasteiger partial charge in [-0.25, -0.2) is 14.8 Å². The quantitative estimate of drug-likeness (QED) is 0.263. The Kier molecular flexibility index (Phi) is 7.65. The number of amides is 1. The second-order valence-electron chi connectivity index (χ2n) is 7.45. The molecule has 1 aromatic heterocycles. The van der Waals surface area contributed by atoms with Crippen LogP contribution in [0.25, 0.3) is 10.9 Å². The van der Waals surface area contributed by atoms with Gasteiger partial charge in [0, 0.05) is 28.9 Å². The number of nitrogens with one attached hydrogen (secondary N) is 2. The Balaban J connectivity index is 1.44. The molecule has 0 aliphatic rings. The molecule has 4 rings (SSSR count). The zero-order valence-corrected chi connectivity index (χ0v) is 19.1. The SMILES string of the molecule is CCOC(=O)C=CC(=O)Nc1ccc2ncnc(Nc3ccc(OCc4ccccc4)cc3)c2c1. The average Bonchev–Trinajstić information content (AvgIpc) is 2.88. The minimum atomic E-state index is -0.572. The predicted molar refractivity (Wildman–Crippen MR) is 134 cm³/mol. The molecule has 0 spiro atoms. The molecule has 2 N–H and O–H groups in total. The summed E-state index contributed by atoms with van der Waals surface area (Å²) >= 11 is 0.